The summed E-state index contributed by atoms with van der Waals surface area (Å²) in [6.45, 7) is 1.69. The molecule has 0 radical (unpaired) electrons. The largest absolute Gasteiger partial charge is 0.329 e. The first kappa shape index (κ1) is 13.1. The van der Waals surface area contributed by atoms with Gasteiger partial charge in [-0.3, -0.25) is 4.90 Å². The number of sulfone groups is 1. The van der Waals surface area contributed by atoms with Gasteiger partial charge in [0, 0.05) is 18.6 Å². The van der Waals surface area contributed by atoms with Crippen LogP contribution in [0.4, 0.5) is 0 Å². The lowest BCUT2D eigenvalue weighted by Gasteiger charge is -2.36. The van der Waals surface area contributed by atoms with Crippen molar-refractivity contribution in [1.82, 2.24) is 4.90 Å². The summed E-state index contributed by atoms with van der Waals surface area (Å²) in [5, 5.41) is 0. The third kappa shape index (κ3) is 2.20. The minimum Gasteiger partial charge on any atom is -0.329 e. The van der Waals surface area contributed by atoms with Crippen LogP contribution in [0.2, 0.25) is 0 Å². The zero-order valence-corrected chi connectivity index (χ0v) is 11.8. The van der Waals surface area contributed by atoms with Gasteiger partial charge in [-0.05, 0) is 37.4 Å². The number of hydrogen-bond donors (Lipinski definition) is 1. The Hall–Kier alpha value is -0.910. The minimum atomic E-state index is -3.09. The number of hydrogen-bond acceptors (Lipinski definition) is 4. The van der Waals surface area contributed by atoms with Crippen molar-refractivity contribution >= 4 is 9.84 Å². The van der Waals surface area contributed by atoms with E-state index < -0.39 is 9.84 Å². The molecule has 0 saturated carbocycles. The predicted octanol–water partition coefficient (Wildman–Crippen LogP) is 1.33. The van der Waals surface area contributed by atoms with Crippen molar-refractivity contribution in [3.05, 3.63) is 29.8 Å². The van der Waals surface area contributed by atoms with Crippen LogP contribution < -0.4 is 5.73 Å². The topological polar surface area (TPSA) is 63.4 Å². The summed E-state index contributed by atoms with van der Waals surface area (Å²) in [5.74, 6) is 0.252. The Labute approximate surface area is 114 Å². The van der Waals surface area contributed by atoms with Gasteiger partial charge in [0.05, 0.1) is 10.6 Å². The molecule has 0 amide bonds. The summed E-state index contributed by atoms with van der Waals surface area (Å²) in [7, 11) is -3.09. The van der Waals surface area contributed by atoms with Crippen molar-refractivity contribution in [3.8, 4) is 0 Å². The summed E-state index contributed by atoms with van der Waals surface area (Å²) >= 11 is 0. The normalized spacial score (nSPS) is 30.2. The van der Waals surface area contributed by atoms with Crippen molar-refractivity contribution in [2.45, 2.75) is 36.2 Å². The van der Waals surface area contributed by atoms with Crippen molar-refractivity contribution < 1.29 is 8.42 Å². The van der Waals surface area contributed by atoms with Crippen LogP contribution in [0.25, 0.3) is 0 Å². The molecule has 5 heteroatoms. The fraction of sp³-hybridized carbons (Fsp3) is 0.571. The molecule has 1 saturated heterocycles. The van der Waals surface area contributed by atoms with Gasteiger partial charge in [-0.1, -0.05) is 18.2 Å². The maximum Gasteiger partial charge on any atom is 0.178 e. The van der Waals surface area contributed by atoms with Crippen molar-refractivity contribution in [3.63, 3.8) is 0 Å². The quantitative estimate of drug-likeness (QED) is 0.887. The van der Waals surface area contributed by atoms with E-state index in [1.807, 2.05) is 18.2 Å². The van der Waals surface area contributed by atoms with E-state index in [-0.39, 0.29) is 11.8 Å². The lowest BCUT2D eigenvalue weighted by molar-refractivity contribution is 0.175. The molecule has 2 N–H and O–H groups in total. The lowest BCUT2D eigenvalue weighted by atomic mass is 10.0. The van der Waals surface area contributed by atoms with E-state index >= 15 is 0 Å². The van der Waals surface area contributed by atoms with E-state index in [0.29, 0.717) is 23.9 Å². The third-order valence-electron chi connectivity index (χ3n) is 4.37. The SMILES string of the molecule is NCC1CCCN1C1CCS(=O)(=O)c2ccccc21. The van der Waals surface area contributed by atoms with Crippen LogP contribution in [0.3, 0.4) is 0 Å². The first-order chi connectivity index (χ1) is 9.13. The standard InChI is InChI=1S/C14H20N2O2S/c15-10-11-4-3-8-16(11)13-7-9-19(17,18)14-6-2-1-5-12(13)14/h1-2,5-6,11,13H,3-4,7-10,15H2. The van der Waals surface area contributed by atoms with Gasteiger partial charge in [0.2, 0.25) is 0 Å². The van der Waals surface area contributed by atoms with Gasteiger partial charge in [0.25, 0.3) is 0 Å². The average molecular weight is 280 g/mol. The summed E-state index contributed by atoms with van der Waals surface area (Å²) in [4.78, 5) is 2.93. The molecule has 2 heterocycles. The number of likely N-dealkylation sites (tertiary alicyclic amines) is 1. The van der Waals surface area contributed by atoms with E-state index in [1.165, 1.54) is 0 Å². The van der Waals surface area contributed by atoms with Crippen LogP contribution in [0.1, 0.15) is 30.9 Å². The van der Waals surface area contributed by atoms with Crippen molar-refractivity contribution in [2.75, 3.05) is 18.8 Å². The number of fused-ring (bicyclic) bond motifs is 1. The highest BCUT2D eigenvalue weighted by atomic mass is 32.2. The predicted molar refractivity (Wildman–Crippen MR) is 74.6 cm³/mol. The molecule has 0 bridgehead atoms. The Morgan fingerprint density at radius 1 is 1.26 bits per heavy atom. The number of benzene rings is 1. The van der Waals surface area contributed by atoms with E-state index in [4.69, 9.17) is 5.73 Å². The van der Waals surface area contributed by atoms with Crippen molar-refractivity contribution in [2.24, 2.45) is 5.73 Å². The van der Waals surface area contributed by atoms with Crippen LogP contribution in [0.5, 0.6) is 0 Å². The number of rotatable bonds is 2. The van der Waals surface area contributed by atoms with Gasteiger partial charge in [0.15, 0.2) is 9.84 Å². The van der Waals surface area contributed by atoms with E-state index in [0.717, 1.165) is 24.9 Å². The van der Waals surface area contributed by atoms with Crippen LogP contribution in [0, 0.1) is 0 Å². The molecular formula is C14H20N2O2S. The first-order valence-electron chi connectivity index (χ1n) is 6.91. The van der Waals surface area contributed by atoms with E-state index in [2.05, 4.69) is 4.90 Å². The van der Waals surface area contributed by atoms with Gasteiger partial charge in [-0.15, -0.1) is 0 Å². The Balaban J connectivity index is 2.01. The number of nitrogens with two attached hydrogens (primary N) is 1. The maximum absolute atomic E-state index is 12.1. The molecule has 2 atom stereocenters. The molecule has 0 spiro atoms. The molecule has 19 heavy (non-hydrogen) atoms. The summed E-state index contributed by atoms with van der Waals surface area (Å²) in [5.41, 5.74) is 6.81. The highest BCUT2D eigenvalue weighted by molar-refractivity contribution is 7.91. The fourth-order valence-electron chi connectivity index (χ4n) is 3.44. The molecule has 3 rings (SSSR count). The van der Waals surface area contributed by atoms with Crippen molar-refractivity contribution in [1.29, 1.82) is 0 Å². The van der Waals surface area contributed by atoms with Gasteiger partial charge in [-0.25, -0.2) is 8.42 Å². The third-order valence-corrected chi connectivity index (χ3v) is 6.18. The molecule has 0 aliphatic carbocycles. The van der Waals surface area contributed by atoms with Gasteiger partial charge >= 0.3 is 0 Å². The molecule has 2 aliphatic heterocycles. The van der Waals surface area contributed by atoms with Crippen LogP contribution in [-0.2, 0) is 9.84 Å². The van der Waals surface area contributed by atoms with Gasteiger partial charge in [-0.2, -0.15) is 0 Å². The minimum absolute atomic E-state index is 0.218. The second-order valence-electron chi connectivity index (χ2n) is 5.43. The molecule has 4 nitrogen and oxygen atoms in total. The van der Waals surface area contributed by atoms with Gasteiger partial charge in [0.1, 0.15) is 0 Å². The second kappa shape index (κ2) is 4.89. The Kier molecular flexibility index (Phi) is 3.37. The summed E-state index contributed by atoms with van der Waals surface area (Å²) in [6.07, 6.45) is 2.98. The summed E-state index contributed by atoms with van der Waals surface area (Å²) < 4.78 is 24.3. The molecular weight excluding hydrogens is 260 g/mol. The van der Waals surface area contributed by atoms with E-state index in [1.54, 1.807) is 6.07 Å². The number of nitrogens with zero attached hydrogens (tertiary/aromatic N) is 1. The molecule has 1 fully saturated rings. The zero-order valence-electron chi connectivity index (χ0n) is 11.0. The Morgan fingerprint density at radius 3 is 2.84 bits per heavy atom. The first-order valence-corrected chi connectivity index (χ1v) is 8.56. The van der Waals surface area contributed by atoms with Crippen LogP contribution >= 0.6 is 0 Å². The molecule has 2 unspecified atom stereocenters. The van der Waals surface area contributed by atoms with E-state index in [9.17, 15) is 8.42 Å². The highest BCUT2D eigenvalue weighted by Crippen LogP contribution is 2.39. The fourth-order valence-corrected chi connectivity index (χ4v) is 5.04. The highest BCUT2D eigenvalue weighted by Gasteiger charge is 2.37. The average Bonchev–Trinajstić information content (AvgIpc) is 2.87. The molecule has 1 aromatic carbocycles. The summed E-state index contributed by atoms with van der Waals surface area (Å²) in [6, 6.07) is 8.06. The monoisotopic (exact) mass is 280 g/mol. The lowest BCUT2D eigenvalue weighted by Crippen LogP contribution is -2.40. The second-order valence-corrected chi connectivity index (χ2v) is 7.51. The Bertz CT molecular complexity index is 571. The Morgan fingerprint density at radius 2 is 2.05 bits per heavy atom. The maximum atomic E-state index is 12.1. The zero-order chi connectivity index (χ0) is 13.5. The molecule has 104 valence electrons. The smallest absolute Gasteiger partial charge is 0.178 e. The van der Waals surface area contributed by atoms with Gasteiger partial charge < -0.3 is 5.73 Å². The van der Waals surface area contributed by atoms with Crippen LogP contribution in [-0.4, -0.2) is 38.2 Å². The van der Waals surface area contributed by atoms with Crippen LogP contribution in [0.15, 0.2) is 29.2 Å². The molecule has 0 aromatic heterocycles. The molecule has 1 aromatic rings. The molecule has 2 aliphatic rings.